The minimum atomic E-state index is -1.01. The molecule has 0 saturated heterocycles. The third-order valence-electron chi connectivity index (χ3n) is 1.94. The summed E-state index contributed by atoms with van der Waals surface area (Å²) in [7, 11) is 0. The molecule has 1 heterocycles. The van der Waals surface area contributed by atoms with Crippen LogP contribution < -0.4 is 4.74 Å². The van der Waals surface area contributed by atoms with Crippen molar-refractivity contribution in [3.05, 3.63) is 44.8 Å². The maximum atomic E-state index is 10.6. The number of carboxylic acids is 1. The Labute approximate surface area is 110 Å². The molecule has 0 aliphatic carbocycles. The number of hydrogen-bond acceptors (Lipinski definition) is 4. The quantitative estimate of drug-likeness (QED) is 0.941. The van der Waals surface area contributed by atoms with Gasteiger partial charge in [0.2, 0.25) is 5.01 Å². The lowest BCUT2D eigenvalue weighted by Crippen LogP contribution is -1.93. The second-order valence-electron chi connectivity index (χ2n) is 3.16. The molecular formula is C11H8BrNO3S. The summed E-state index contributed by atoms with van der Waals surface area (Å²) in [5.74, 6) is -0.292. The molecule has 17 heavy (non-hydrogen) atoms. The number of carbonyl (C=O) groups is 1. The molecule has 88 valence electrons. The van der Waals surface area contributed by atoms with Crippen molar-refractivity contribution >= 4 is 33.2 Å². The van der Waals surface area contributed by atoms with Crippen molar-refractivity contribution in [1.82, 2.24) is 4.98 Å². The van der Waals surface area contributed by atoms with E-state index in [1.807, 2.05) is 24.3 Å². The number of ether oxygens (including phenoxy) is 1. The monoisotopic (exact) mass is 313 g/mol. The zero-order chi connectivity index (χ0) is 12.3. The number of halogens is 1. The summed E-state index contributed by atoms with van der Waals surface area (Å²) < 4.78 is 6.41. The largest absolute Gasteiger partial charge is 0.487 e. The molecule has 0 radical (unpaired) electrons. The molecule has 1 N–H and O–H groups in total. The summed E-state index contributed by atoms with van der Waals surface area (Å²) in [5, 5.41) is 8.81. The van der Waals surface area contributed by atoms with E-state index < -0.39 is 5.97 Å². The zero-order valence-corrected chi connectivity index (χ0v) is 11.0. The summed E-state index contributed by atoms with van der Waals surface area (Å²) in [6.07, 6.45) is 1.52. The van der Waals surface area contributed by atoms with Gasteiger partial charge in [0, 0.05) is 6.20 Å². The first-order valence-electron chi connectivity index (χ1n) is 4.72. The molecule has 0 unspecified atom stereocenters. The van der Waals surface area contributed by atoms with Crippen molar-refractivity contribution in [2.24, 2.45) is 0 Å². The van der Waals surface area contributed by atoms with Crippen LogP contribution in [0.15, 0.2) is 34.9 Å². The molecule has 0 saturated carbocycles. The Morgan fingerprint density at radius 2 is 2.24 bits per heavy atom. The van der Waals surface area contributed by atoms with E-state index in [0.29, 0.717) is 6.61 Å². The van der Waals surface area contributed by atoms with Gasteiger partial charge in [-0.15, -0.1) is 11.3 Å². The minimum absolute atomic E-state index is 0.0794. The van der Waals surface area contributed by atoms with Crippen molar-refractivity contribution in [1.29, 1.82) is 0 Å². The Balaban J connectivity index is 2.02. The topological polar surface area (TPSA) is 59.4 Å². The van der Waals surface area contributed by atoms with Gasteiger partial charge in [0.05, 0.1) is 9.35 Å². The molecule has 2 rings (SSSR count). The molecule has 0 bridgehead atoms. The van der Waals surface area contributed by atoms with E-state index in [0.717, 1.165) is 26.4 Å². The third-order valence-corrected chi connectivity index (χ3v) is 3.56. The molecule has 0 amide bonds. The average Bonchev–Trinajstić information content (AvgIpc) is 2.77. The van der Waals surface area contributed by atoms with E-state index in [-0.39, 0.29) is 5.01 Å². The normalized spacial score (nSPS) is 10.2. The fourth-order valence-corrected chi connectivity index (χ4v) is 2.25. The van der Waals surface area contributed by atoms with Gasteiger partial charge in [0.15, 0.2) is 0 Å². The van der Waals surface area contributed by atoms with Crippen molar-refractivity contribution < 1.29 is 14.6 Å². The number of rotatable bonds is 4. The Morgan fingerprint density at radius 1 is 1.47 bits per heavy atom. The van der Waals surface area contributed by atoms with Gasteiger partial charge in [-0.2, -0.15) is 0 Å². The van der Waals surface area contributed by atoms with Crippen LogP contribution in [0, 0.1) is 0 Å². The molecule has 0 spiro atoms. The van der Waals surface area contributed by atoms with Crippen molar-refractivity contribution in [2.75, 3.05) is 0 Å². The maximum absolute atomic E-state index is 10.6. The lowest BCUT2D eigenvalue weighted by Gasteiger charge is -2.05. The molecule has 6 heteroatoms. The smallest absolute Gasteiger partial charge is 0.365 e. The van der Waals surface area contributed by atoms with E-state index in [2.05, 4.69) is 20.9 Å². The van der Waals surface area contributed by atoms with Crippen molar-refractivity contribution in [3.8, 4) is 5.75 Å². The SMILES string of the molecule is O=C(O)c1ncc(COc2ccccc2Br)s1. The molecule has 4 nitrogen and oxygen atoms in total. The number of aromatic nitrogens is 1. The molecule has 0 aliphatic rings. The second-order valence-corrected chi connectivity index (χ2v) is 5.13. The molecule has 1 aromatic heterocycles. The first-order chi connectivity index (χ1) is 8.16. The van der Waals surface area contributed by atoms with Gasteiger partial charge >= 0.3 is 5.97 Å². The Hall–Kier alpha value is -1.40. The first kappa shape index (κ1) is 12.1. The van der Waals surface area contributed by atoms with E-state index in [1.165, 1.54) is 6.20 Å². The first-order valence-corrected chi connectivity index (χ1v) is 6.33. The number of benzene rings is 1. The summed E-state index contributed by atoms with van der Waals surface area (Å²) in [5.41, 5.74) is 0. The van der Waals surface area contributed by atoms with Crippen LogP contribution in [0.1, 0.15) is 14.7 Å². The van der Waals surface area contributed by atoms with Gasteiger partial charge in [-0.3, -0.25) is 0 Å². The second kappa shape index (κ2) is 5.29. The zero-order valence-electron chi connectivity index (χ0n) is 8.59. The fourth-order valence-electron chi connectivity index (χ4n) is 1.18. The number of carboxylic acid groups (broad SMARTS) is 1. The molecule has 0 atom stereocenters. The lowest BCUT2D eigenvalue weighted by molar-refractivity contribution is 0.0696. The van der Waals surface area contributed by atoms with Gasteiger partial charge in [0.25, 0.3) is 0 Å². The molecule has 2 aromatic rings. The number of aromatic carboxylic acids is 1. The van der Waals surface area contributed by atoms with Gasteiger partial charge in [-0.1, -0.05) is 12.1 Å². The van der Waals surface area contributed by atoms with Gasteiger partial charge in [-0.25, -0.2) is 9.78 Å². The highest BCUT2D eigenvalue weighted by Gasteiger charge is 2.09. The Kier molecular flexibility index (Phi) is 3.75. The lowest BCUT2D eigenvalue weighted by atomic mass is 10.3. The predicted molar refractivity (Wildman–Crippen MR) is 67.5 cm³/mol. The van der Waals surface area contributed by atoms with Crippen LogP contribution in [0.25, 0.3) is 0 Å². The van der Waals surface area contributed by atoms with Gasteiger partial charge < -0.3 is 9.84 Å². The van der Waals surface area contributed by atoms with Gasteiger partial charge in [0.1, 0.15) is 12.4 Å². The summed E-state index contributed by atoms with van der Waals surface area (Å²) >= 11 is 4.48. The molecule has 0 fully saturated rings. The molecule has 1 aromatic carbocycles. The van der Waals surface area contributed by atoms with E-state index >= 15 is 0 Å². The predicted octanol–water partition coefficient (Wildman–Crippen LogP) is 3.18. The summed E-state index contributed by atoms with van der Waals surface area (Å²) in [6.45, 7) is 0.313. The fraction of sp³-hybridized carbons (Fsp3) is 0.0909. The number of hydrogen-bond donors (Lipinski definition) is 1. The highest BCUT2D eigenvalue weighted by molar-refractivity contribution is 9.10. The Morgan fingerprint density at radius 3 is 2.88 bits per heavy atom. The van der Waals surface area contributed by atoms with E-state index in [9.17, 15) is 4.79 Å². The highest BCUT2D eigenvalue weighted by Crippen LogP contribution is 2.25. The van der Waals surface area contributed by atoms with Crippen LogP contribution in [0.4, 0.5) is 0 Å². The molecule has 0 aliphatic heterocycles. The van der Waals surface area contributed by atoms with Crippen molar-refractivity contribution in [3.63, 3.8) is 0 Å². The number of nitrogens with zero attached hydrogens (tertiary/aromatic N) is 1. The van der Waals surface area contributed by atoms with Crippen molar-refractivity contribution in [2.45, 2.75) is 6.61 Å². The van der Waals surface area contributed by atoms with E-state index in [4.69, 9.17) is 9.84 Å². The highest BCUT2D eigenvalue weighted by atomic mass is 79.9. The van der Waals surface area contributed by atoms with Crippen LogP contribution in [0.3, 0.4) is 0 Å². The number of para-hydroxylation sites is 1. The minimum Gasteiger partial charge on any atom is -0.487 e. The Bertz CT molecular complexity index is 541. The van der Waals surface area contributed by atoms with Crippen LogP contribution >= 0.6 is 27.3 Å². The number of thiazole rings is 1. The molecular weight excluding hydrogens is 306 g/mol. The van der Waals surface area contributed by atoms with Crippen LogP contribution in [0.5, 0.6) is 5.75 Å². The van der Waals surface area contributed by atoms with Crippen LogP contribution in [-0.2, 0) is 6.61 Å². The van der Waals surface area contributed by atoms with Gasteiger partial charge in [-0.05, 0) is 28.1 Å². The third kappa shape index (κ3) is 3.04. The van der Waals surface area contributed by atoms with E-state index in [1.54, 1.807) is 0 Å². The maximum Gasteiger partial charge on any atom is 0.365 e. The summed E-state index contributed by atoms with van der Waals surface area (Å²) in [6, 6.07) is 7.48. The van der Waals surface area contributed by atoms with Crippen LogP contribution in [-0.4, -0.2) is 16.1 Å². The van der Waals surface area contributed by atoms with Crippen LogP contribution in [0.2, 0.25) is 0 Å². The summed E-state index contributed by atoms with van der Waals surface area (Å²) in [4.78, 5) is 15.2. The standard InChI is InChI=1S/C11H8BrNO3S/c12-8-3-1-2-4-9(8)16-6-7-5-13-10(17-7)11(14)15/h1-5H,6H2,(H,14,15). The average molecular weight is 314 g/mol.